The number of likely N-dealkylation sites (tertiary alicyclic amines) is 2. The van der Waals surface area contributed by atoms with Gasteiger partial charge in [0.15, 0.2) is 0 Å². The molecule has 2 aromatic rings. The van der Waals surface area contributed by atoms with E-state index in [1.807, 2.05) is 35.4 Å². The van der Waals surface area contributed by atoms with Crippen LogP contribution in [-0.4, -0.2) is 58.7 Å². The number of H-pyrrole nitrogens is 1. The third-order valence-corrected chi connectivity index (χ3v) is 6.34. The van der Waals surface area contributed by atoms with Crippen molar-refractivity contribution in [2.45, 2.75) is 44.8 Å². The molecule has 0 aliphatic carbocycles. The third kappa shape index (κ3) is 5.18. The van der Waals surface area contributed by atoms with Gasteiger partial charge in [-0.3, -0.25) is 14.8 Å². The number of piperidine rings is 1. The number of carbonyl (C=O) groups excluding carboxylic acids is 1. The molecule has 4 rings (SSSR count). The average molecular weight is 417 g/mol. The van der Waals surface area contributed by atoms with Crippen LogP contribution in [0.5, 0.6) is 0 Å². The summed E-state index contributed by atoms with van der Waals surface area (Å²) in [7, 11) is 0. The van der Waals surface area contributed by atoms with Crippen LogP contribution in [0.4, 0.5) is 0 Å². The van der Waals surface area contributed by atoms with Gasteiger partial charge in [-0.05, 0) is 50.4 Å². The van der Waals surface area contributed by atoms with Crippen LogP contribution < -0.4 is 0 Å². The predicted octanol–water partition coefficient (Wildman–Crippen LogP) is 3.58. The summed E-state index contributed by atoms with van der Waals surface area (Å²) < 4.78 is 5.65. The summed E-state index contributed by atoms with van der Waals surface area (Å²) in [6, 6.07) is 7.56. The van der Waals surface area contributed by atoms with E-state index < -0.39 is 0 Å². The lowest BCUT2D eigenvalue weighted by Gasteiger charge is -2.33. The molecule has 29 heavy (non-hydrogen) atoms. The first-order valence-corrected chi connectivity index (χ1v) is 10.9. The minimum absolute atomic E-state index is 0.0439. The molecule has 6 nitrogen and oxygen atoms in total. The Bertz CT molecular complexity index is 819. The molecule has 0 unspecified atom stereocenters. The van der Waals surface area contributed by atoms with Crippen molar-refractivity contribution in [1.82, 2.24) is 20.0 Å². The average Bonchev–Trinajstić information content (AvgIpc) is 3.42. The Hall–Kier alpha value is -1.89. The Kier molecular flexibility index (Phi) is 6.85. The highest BCUT2D eigenvalue weighted by molar-refractivity contribution is 6.31. The fourth-order valence-corrected chi connectivity index (χ4v) is 4.57. The molecule has 0 bridgehead atoms. The normalized spacial score (nSPS) is 20.3. The molecule has 2 aliphatic rings. The van der Waals surface area contributed by atoms with E-state index in [1.54, 1.807) is 0 Å². The molecule has 1 amide bonds. The Labute approximate surface area is 177 Å². The largest absolute Gasteiger partial charge is 0.367 e. The molecule has 0 spiro atoms. The minimum Gasteiger partial charge on any atom is -0.367 e. The van der Waals surface area contributed by atoms with E-state index in [1.165, 1.54) is 37.2 Å². The van der Waals surface area contributed by atoms with Gasteiger partial charge in [0.25, 0.3) is 0 Å². The second-order valence-electron chi connectivity index (χ2n) is 8.06. The SMILES string of the molecule is O=C(COCc1ccccc1Cl)N1CCC[C@@H](c2[nH]ncc2CN2CCCC2)C1. The molecule has 2 saturated heterocycles. The van der Waals surface area contributed by atoms with Crippen molar-refractivity contribution < 1.29 is 9.53 Å². The van der Waals surface area contributed by atoms with Gasteiger partial charge < -0.3 is 9.64 Å². The first kappa shape index (κ1) is 20.4. The van der Waals surface area contributed by atoms with Crippen LogP contribution in [0, 0.1) is 0 Å². The number of nitrogens with one attached hydrogen (secondary N) is 1. The number of amides is 1. The number of hydrogen-bond acceptors (Lipinski definition) is 4. The number of benzene rings is 1. The van der Waals surface area contributed by atoms with Crippen LogP contribution in [0.2, 0.25) is 5.02 Å². The van der Waals surface area contributed by atoms with E-state index in [0.29, 0.717) is 17.5 Å². The van der Waals surface area contributed by atoms with Crippen LogP contribution in [0.25, 0.3) is 0 Å². The Morgan fingerprint density at radius 1 is 1.17 bits per heavy atom. The van der Waals surface area contributed by atoms with Crippen LogP contribution >= 0.6 is 11.6 Å². The molecule has 1 atom stereocenters. The van der Waals surface area contributed by atoms with E-state index in [9.17, 15) is 4.79 Å². The second kappa shape index (κ2) is 9.74. The van der Waals surface area contributed by atoms with Gasteiger partial charge in [0.05, 0.1) is 12.8 Å². The number of carbonyl (C=O) groups is 1. The van der Waals surface area contributed by atoms with E-state index in [-0.39, 0.29) is 12.5 Å². The van der Waals surface area contributed by atoms with E-state index in [0.717, 1.165) is 38.0 Å². The molecule has 156 valence electrons. The molecule has 1 aromatic carbocycles. The van der Waals surface area contributed by atoms with Gasteiger partial charge in [-0.1, -0.05) is 29.8 Å². The van der Waals surface area contributed by atoms with Crippen molar-refractivity contribution >= 4 is 17.5 Å². The van der Waals surface area contributed by atoms with Crippen LogP contribution in [0.1, 0.15) is 48.4 Å². The highest BCUT2D eigenvalue weighted by atomic mass is 35.5. The topological polar surface area (TPSA) is 61.5 Å². The maximum Gasteiger partial charge on any atom is 0.248 e. The molecule has 2 aliphatic heterocycles. The summed E-state index contributed by atoms with van der Waals surface area (Å²) in [5.74, 6) is 0.360. The van der Waals surface area contributed by atoms with Gasteiger partial charge in [0, 0.05) is 41.8 Å². The number of hydrogen-bond donors (Lipinski definition) is 1. The Morgan fingerprint density at radius 3 is 2.83 bits per heavy atom. The second-order valence-corrected chi connectivity index (χ2v) is 8.46. The lowest BCUT2D eigenvalue weighted by molar-refractivity contribution is -0.137. The first-order valence-electron chi connectivity index (χ1n) is 10.5. The fourth-order valence-electron chi connectivity index (χ4n) is 4.38. The molecule has 1 N–H and O–H groups in total. The third-order valence-electron chi connectivity index (χ3n) is 5.97. The van der Waals surface area contributed by atoms with Crippen molar-refractivity contribution in [2.75, 3.05) is 32.8 Å². The summed E-state index contributed by atoms with van der Waals surface area (Å²) in [6.07, 6.45) is 6.61. The Morgan fingerprint density at radius 2 is 2.00 bits per heavy atom. The number of halogens is 1. The lowest BCUT2D eigenvalue weighted by Crippen LogP contribution is -2.41. The summed E-state index contributed by atoms with van der Waals surface area (Å²) >= 11 is 6.15. The molecule has 0 saturated carbocycles. The maximum atomic E-state index is 12.7. The molecule has 1 aromatic heterocycles. The zero-order chi connectivity index (χ0) is 20.1. The Balaban J connectivity index is 1.31. The smallest absolute Gasteiger partial charge is 0.248 e. The van der Waals surface area contributed by atoms with Gasteiger partial charge in [0.1, 0.15) is 6.61 Å². The summed E-state index contributed by atoms with van der Waals surface area (Å²) in [5, 5.41) is 8.20. The molecule has 3 heterocycles. The molecule has 2 fully saturated rings. The molecular weight excluding hydrogens is 388 g/mol. The zero-order valence-corrected chi connectivity index (χ0v) is 17.5. The van der Waals surface area contributed by atoms with Crippen molar-refractivity contribution in [3.8, 4) is 0 Å². The molecule has 0 radical (unpaired) electrons. The van der Waals surface area contributed by atoms with Gasteiger partial charge >= 0.3 is 0 Å². The molecular formula is C22H29ClN4O2. The van der Waals surface area contributed by atoms with E-state index >= 15 is 0 Å². The number of nitrogens with zero attached hydrogens (tertiary/aromatic N) is 3. The zero-order valence-electron chi connectivity index (χ0n) is 16.8. The highest BCUT2D eigenvalue weighted by Gasteiger charge is 2.28. The van der Waals surface area contributed by atoms with Crippen LogP contribution in [0.15, 0.2) is 30.5 Å². The minimum atomic E-state index is 0.0439. The molecule has 7 heteroatoms. The van der Waals surface area contributed by atoms with Gasteiger partial charge in [-0.2, -0.15) is 5.10 Å². The highest BCUT2D eigenvalue weighted by Crippen LogP contribution is 2.29. The maximum absolute atomic E-state index is 12.7. The first-order chi connectivity index (χ1) is 14.2. The lowest BCUT2D eigenvalue weighted by atomic mass is 9.92. The number of ether oxygens (including phenoxy) is 1. The van der Waals surface area contributed by atoms with Gasteiger partial charge in [-0.15, -0.1) is 0 Å². The summed E-state index contributed by atoms with van der Waals surface area (Å²) in [5.41, 5.74) is 3.38. The van der Waals surface area contributed by atoms with E-state index in [2.05, 4.69) is 15.1 Å². The predicted molar refractivity (Wildman–Crippen MR) is 113 cm³/mol. The monoisotopic (exact) mass is 416 g/mol. The fraction of sp³-hybridized carbons (Fsp3) is 0.545. The number of aromatic amines is 1. The number of rotatable bonds is 7. The summed E-state index contributed by atoms with van der Waals surface area (Å²) in [6.45, 7) is 5.25. The van der Waals surface area contributed by atoms with Gasteiger partial charge in [-0.25, -0.2) is 0 Å². The number of aromatic nitrogens is 2. The van der Waals surface area contributed by atoms with Crippen LogP contribution in [0.3, 0.4) is 0 Å². The van der Waals surface area contributed by atoms with Crippen molar-refractivity contribution in [2.24, 2.45) is 0 Å². The van der Waals surface area contributed by atoms with Crippen LogP contribution in [-0.2, 0) is 22.7 Å². The quantitative estimate of drug-likeness (QED) is 0.749. The van der Waals surface area contributed by atoms with Gasteiger partial charge in [0.2, 0.25) is 5.91 Å². The standard InChI is InChI=1S/C22H29ClN4O2/c23-20-8-2-1-6-18(20)15-29-16-21(28)27-11-5-7-17(14-27)22-19(12-24-25-22)13-26-9-3-4-10-26/h1-2,6,8,12,17H,3-5,7,9-11,13-16H2,(H,24,25)/t17-/m1/s1. The summed E-state index contributed by atoms with van der Waals surface area (Å²) in [4.78, 5) is 17.1. The van der Waals surface area contributed by atoms with Crippen molar-refractivity contribution in [3.63, 3.8) is 0 Å². The van der Waals surface area contributed by atoms with Crippen molar-refractivity contribution in [1.29, 1.82) is 0 Å². The van der Waals surface area contributed by atoms with Crippen molar-refractivity contribution in [3.05, 3.63) is 52.3 Å². The van der Waals surface area contributed by atoms with E-state index in [4.69, 9.17) is 16.3 Å².